The van der Waals surface area contributed by atoms with Crippen LogP contribution in [0.15, 0.2) is 40.6 Å². The summed E-state index contributed by atoms with van der Waals surface area (Å²) in [5, 5.41) is 11.6. The fourth-order valence-corrected chi connectivity index (χ4v) is 2.63. The van der Waals surface area contributed by atoms with Crippen molar-refractivity contribution in [3.05, 3.63) is 51.8 Å². The van der Waals surface area contributed by atoms with Crippen molar-refractivity contribution in [1.29, 1.82) is 0 Å². The summed E-state index contributed by atoms with van der Waals surface area (Å²) < 4.78 is 0. The van der Waals surface area contributed by atoms with Crippen LogP contribution in [0.25, 0.3) is 21.5 Å². The molecule has 6 heteroatoms. The normalized spacial score (nSPS) is 10.7. The third-order valence-electron chi connectivity index (χ3n) is 2.76. The van der Waals surface area contributed by atoms with E-state index in [1.807, 2.05) is 17.5 Å². The summed E-state index contributed by atoms with van der Waals surface area (Å²) >= 11 is 1.51. The van der Waals surface area contributed by atoms with Gasteiger partial charge in [0.15, 0.2) is 0 Å². The number of nitrogens with one attached hydrogen (secondary N) is 1. The lowest BCUT2D eigenvalue weighted by atomic mass is 10.1. The molecule has 3 aromatic rings. The summed E-state index contributed by atoms with van der Waals surface area (Å²) in [6.45, 7) is 0. The van der Waals surface area contributed by atoms with Crippen LogP contribution in [0.1, 0.15) is 10.4 Å². The van der Waals surface area contributed by atoms with E-state index in [9.17, 15) is 9.59 Å². The number of nitrogens with zero attached hydrogens (tertiary/aromatic N) is 1. The van der Waals surface area contributed by atoms with Crippen molar-refractivity contribution >= 4 is 28.2 Å². The predicted molar refractivity (Wildman–Crippen MR) is 72.6 cm³/mol. The number of thiophene rings is 1. The van der Waals surface area contributed by atoms with Crippen molar-refractivity contribution in [2.75, 3.05) is 0 Å². The van der Waals surface area contributed by atoms with Crippen molar-refractivity contribution in [3.63, 3.8) is 0 Å². The molecule has 0 aromatic carbocycles. The molecule has 19 heavy (non-hydrogen) atoms. The van der Waals surface area contributed by atoms with E-state index in [0.717, 1.165) is 4.88 Å². The monoisotopic (exact) mass is 272 g/mol. The van der Waals surface area contributed by atoms with Crippen LogP contribution in [-0.4, -0.2) is 21.0 Å². The van der Waals surface area contributed by atoms with E-state index >= 15 is 0 Å². The molecule has 0 radical (unpaired) electrons. The van der Waals surface area contributed by atoms with Gasteiger partial charge in [0.25, 0.3) is 5.56 Å². The van der Waals surface area contributed by atoms with Gasteiger partial charge in [-0.3, -0.25) is 9.78 Å². The standard InChI is InChI=1S/C13H8N2O3S/c16-12-8(13(17)18)6-7-9(15-12)3-4-14-11(7)10-2-1-5-19-10/h1-6H,(H,15,16)(H,17,18). The molecule has 5 nitrogen and oxygen atoms in total. The highest BCUT2D eigenvalue weighted by Crippen LogP contribution is 2.28. The largest absolute Gasteiger partial charge is 0.477 e. The first-order valence-corrected chi connectivity index (χ1v) is 6.34. The molecule has 3 rings (SSSR count). The van der Waals surface area contributed by atoms with Crippen LogP contribution in [0.5, 0.6) is 0 Å². The maximum absolute atomic E-state index is 11.6. The Morgan fingerprint density at radius 1 is 1.37 bits per heavy atom. The van der Waals surface area contributed by atoms with Gasteiger partial charge >= 0.3 is 5.97 Å². The average molecular weight is 272 g/mol. The van der Waals surface area contributed by atoms with Crippen LogP contribution in [0.2, 0.25) is 0 Å². The highest BCUT2D eigenvalue weighted by atomic mass is 32.1. The topological polar surface area (TPSA) is 83.0 Å². The summed E-state index contributed by atoms with van der Waals surface area (Å²) in [5.41, 5.74) is 0.362. The smallest absolute Gasteiger partial charge is 0.341 e. The van der Waals surface area contributed by atoms with Crippen molar-refractivity contribution in [2.45, 2.75) is 0 Å². The molecule has 0 spiro atoms. The van der Waals surface area contributed by atoms with Crippen molar-refractivity contribution in [3.8, 4) is 10.6 Å². The number of pyridine rings is 2. The summed E-state index contributed by atoms with van der Waals surface area (Å²) in [6, 6.07) is 6.82. The first-order chi connectivity index (χ1) is 9.16. The maximum Gasteiger partial charge on any atom is 0.341 e. The summed E-state index contributed by atoms with van der Waals surface area (Å²) in [5.74, 6) is -1.25. The molecular weight excluding hydrogens is 264 g/mol. The Morgan fingerprint density at radius 3 is 2.89 bits per heavy atom. The number of aromatic carboxylic acids is 1. The van der Waals surface area contributed by atoms with Gasteiger partial charge in [-0.25, -0.2) is 4.79 Å². The number of carboxylic acids is 1. The number of fused-ring (bicyclic) bond motifs is 1. The summed E-state index contributed by atoms with van der Waals surface area (Å²) in [6.07, 6.45) is 1.59. The molecule has 0 fully saturated rings. The van der Waals surface area contributed by atoms with E-state index in [4.69, 9.17) is 5.11 Å². The first-order valence-electron chi connectivity index (χ1n) is 5.46. The van der Waals surface area contributed by atoms with Gasteiger partial charge in [-0.05, 0) is 23.6 Å². The van der Waals surface area contributed by atoms with Crippen LogP contribution in [-0.2, 0) is 0 Å². The molecule has 0 aliphatic carbocycles. The number of H-pyrrole nitrogens is 1. The molecule has 0 amide bonds. The van der Waals surface area contributed by atoms with Crippen LogP contribution in [0, 0.1) is 0 Å². The van der Waals surface area contributed by atoms with Gasteiger partial charge in [0.05, 0.1) is 16.1 Å². The number of carboxylic acid groups (broad SMARTS) is 1. The van der Waals surface area contributed by atoms with Gasteiger partial charge in [-0.15, -0.1) is 11.3 Å². The maximum atomic E-state index is 11.6. The lowest BCUT2D eigenvalue weighted by molar-refractivity contribution is 0.0695. The molecule has 0 aliphatic rings. The Hall–Kier alpha value is -2.47. The average Bonchev–Trinajstić information content (AvgIpc) is 2.90. The van der Waals surface area contributed by atoms with Crippen LogP contribution in [0.3, 0.4) is 0 Å². The molecule has 0 bridgehead atoms. The zero-order valence-corrected chi connectivity index (χ0v) is 10.4. The van der Waals surface area contributed by atoms with Gasteiger partial charge < -0.3 is 10.1 Å². The third kappa shape index (κ3) is 1.92. The van der Waals surface area contributed by atoms with Crippen LogP contribution in [0.4, 0.5) is 0 Å². The summed E-state index contributed by atoms with van der Waals surface area (Å²) in [4.78, 5) is 30.4. The lowest BCUT2D eigenvalue weighted by Gasteiger charge is -2.04. The van der Waals surface area contributed by atoms with Gasteiger partial charge in [-0.1, -0.05) is 6.07 Å². The van der Waals surface area contributed by atoms with Gasteiger partial charge in [0.1, 0.15) is 5.56 Å². The zero-order valence-electron chi connectivity index (χ0n) is 9.58. The van der Waals surface area contributed by atoms with E-state index in [2.05, 4.69) is 9.97 Å². The Kier molecular flexibility index (Phi) is 2.64. The first kappa shape index (κ1) is 11.6. The number of hydrogen-bond acceptors (Lipinski definition) is 4. The molecule has 0 atom stereocenters. The molecule has 0 saturated heterocycles. The Labute approximate surface area is 111 Å². The quantitative estimate of drug-likeness (QED) is 0.750. The molecule has 0 unspecified atom stereocenters. The molecule has 0 saturated carbocycles. The van der Waals surface area contributed by atoms with E-state index in [0.29, 0.717) is 16.6 Å². The molecule has 0 aliphatic heterocycles. The second-order valence-electron chi connectivity index (χ2n) is 3.92. The second-order valence-corrected chi connectivity index (χ2v) is 4.86. The number of aromatic amines is 1. The third-order valence-corrected chi connectivity index (χ3v) is 3.63. The molecule has 94 valence electrons. The minimum Gasteiger partial charge on any atom is -0.477 e. The van der Waals surface area contributed by atoms with E-state index in [-0.39, 0.29) is 5.56 Å². The summed E-state index contributed by atoms with van der Waals surface area (Å²) in [7, 11) is 0. The van der Waals surface area contributed by atoms with Crippen molar-refractivity contribution < 1.29 is 9.90 Å². The number of carbonyl (C=O) groups is 1. The minimum absolute atomic E-state index is 0.279. The number of hydrogen-bond donors (Lipinski definition) is 2. The number of rotatable bonds is 2. The highest BCUT2D eigenvalue weighted by molar-refractivity contribution is 7.13. The van der Waals surface area contributed by atoms with Crippen molar-refractivity contribution in [2.24, 2.45) is 0 Å². The number of aromatic nitrogens is 2. The van der Waals surface area contributed by atoms with Crippen LogP contribution < -0.4 is 5.56 Å². The van der Waals surface area contributed by atoms with Gasteiger partial charge in [0, 0.05) is 11.6 Å². The van der Waals surface area contributed by atoms with E-state index in [1.54, 1.807) is 12.3 Å². The Morgan fingerprint density at radius 2 is 2.21 bits per heavy atom. The fourth-order valence-electron chi connectivity index (χ4n) is 1.90. The Balaban J connectivity index is 2.39. The molecule has 2 N–H and O–H groups in total. The fraction of sp³-hybridized carbons (Fsp3) is 0. The zero-order chi connectivity index (χ0) is 13.4. The van der Waals surface area contributed by atoms with Gasteiger partial charge in [0.2, 0.25) is 0 Å². The second kappa shape index (κ2) is 4.33. The highest BCUT2D eigenvalue weighted by Gasteiger charge is 2.13. The molecule has 3 aromatic heterocycles. The Bertz CT molecular complexity index is 822. The van der Waals surface area contributed by atoms with Crippen molar-refractivity contribution in [1.82, 2.24) is 9.97 Å². The predicted octanol–water partition coefficient (Wildman–Crippen LogP) is 2.35. The minimum atomic E-state index is -1.25. The SMILES string of the molecule is O=C(O)c1cc2c(-c3cccs3)nccc2[nH]c1=O. The molecule has 3 heterocycles. The lowest BCUT2D eigenvalue weighted by Crippen LogP contribution is -2.17. The van der Waals surface area contributed by atoms with Crippen LogP contribution >= 0.6 is 11.3 Å². The van der Waals surface area contributed by atoms with Gasteiger partial charge in [-0.2, -0.15) is 0 Å². The van der Waals surface area contributed by atoms with E-state index in [1.165, 1.54) is 17.4 Å². The molecular formula is C13H8N2O3S. The van der Waals surface area contributed by atoms with E-state index < -0.39 is 11.5 Å².